The molecular formula is C21H35N5O2. The third-order valence-electron chi connectivity index (χ3n) is 4.56. The maximum absolute atomic E-state index is 12.6. The zero-order chi connectivity index (χ0) is 21.1. The van der Waals surface area contributed by atoms with Gasteiger partial charge < -0.3 is 26.6 Å². The molecule has 0 aliphatic carbocycles. The number of amides is 2. The van der Waals surface area contributed by atoms with Crippen LogP contribution < -0.4 is 21.7 Å². The number of carbonyl (C=O) groups is 2. The van der Waals surface area contributed by atoms with Crippen LogP contribution in [0.2, 0.25) is 0 Å². The summed E-state index contributed by atoms with van der Waals surface area (Å²) >= 11 is 0. The lowest BCUT2D eigenvalue weighted by Gasteiger charge is -2.25. The lowest BCUT2D eigenvalue weighted by Crippen LogP contribution is -2.54. The first-order chi connectivity index (χ1) is 13.3. The zero-order valence-electron chi connectivity index (χ0n) is 17.5. The highest BCUT2D eigenvalue weighted by molar-refractivity contribution is 5.84. The van der Waals surface area contributed by atoms with Crippen molar-refractivity contribution in [2.75, 3.05) is 27.7 Å². The van der Waals surface area contributed by atoms with Gasteiger partial charge in [0, 0.05) is 25.8 Å². The van der Waals surface area contributed by atoms with Crippen molar-refractivity contribution in [3.63, 3.8) is 0 Å². The van der Waals surface area contributed by atoms with Crippen molar-refractivity contribution in [2.45, 2.75) is 44.3 Å². The minimum Gasteiger partial charge on any atom is -0.372 e. The summed E-state index contributed by atoms with van der Waals surface area (Å²) in [5.41, 5.74) is 7.53. The highest BCUT2D eigenvalue weighted by Gasteiger charge is 2.25. The van der Waals surface area contributed by atoms with E-state index in [9.17, 15) is 9.59 Å². The molecular weight excluding hydrogens is 354 g/mol. The molecule has 2 amide bonds. The highest BCUT2D eigenvalue weighted by Crippen LogP contribution is 2.16. The van der Waals surface area contributed by atoms with Crippen molar-refractivity contribution in [1.82, 2.24) is 20.9 Å². The Bertz CT molecular complexity index is 633. The first-order valence-electron chi connectivity index (χ1n) is 9.72. The number of likely N-dealkylation sites (N-methyl/N-ethyl adjacent to an activating group) is 2. The molecule has 1 aromatic carbocycles. The van der Waals surface area contributed by atoms with Crippen molar-refractivity contribution in [3.8, 4) is 0 Å². The summed E-state index contributed by atoms with van der Waals surface area (Å²) in [6.45, 7) is 6.27. The van der Waals surface area contributed by atoms with Gasteiger partial charge in [-0.2, -0.15) is 0 Å². The number of hydrogen-bond acceptors (Lipinski definition) is 5. The predicted molar refractivity (Wildman–Crippen MR) is 114 cm³/mol. The fourth-order valence-electron chi connectivity index (χ4n) is 2.90. The van der Waals surface area contributed by atoms with Crippen molar-refractivity contribution in [3.05, 3.63) is 48.2 Å². The largest absolute Gasteiger partial charge is 0.372 e. The van der Waals surface area contributed by atoms with E-state index in [4.69, 9.17) is 5.73 Å². The molecule has 0 radical (unpaired) electrons. The van der Waals surface area contributed by atoms with Crippen LogP contribution in [0.15, 0.2) is 42.6 Å². The molecule has 7 nitrogen and oxygen atoms in total. The molecule has 28 heavy (non-hydrogen) atoms. The summed E-state index contributed by atoms with van der Waals surface area (Å²) in [5.74, 6) is -0.266. The summed E-state index contributed by atoms with van der Waals surface area (Å²) in [5, 5.41) is 8.97. The summed E-state index contributed by atoms with van der Waals surface area (Å²) in [7, 11) is 5.14. The van der Waals surface area contributed by atoms with Crippen molar-refractivity contribution in [1.29, 1.82) is 0 Å². The van der Waals surface area contributed by atoms with Crippen LogP contribution in [0.3, 0.4) is 0 Å². The van der Waals surface area contributed by atoms with E-state index in [2.05, 4.69) is 29.5 Å². The van der Waals surface area contributed by atoms with Crippen molar-refractivity contribution in [2.24, 2.45) is 5.73 Å². The second-order valence-corrected chi connectivity index (χ2v) is 7.11. The van der Waals surface area contributed by atoms with Gasteiger partial charge in [-0.25, -0.2) is 0 Å². The minimum absolute atomic E-state index is 0.0895. The van der Waals surface area contributed by atoms with Gasteiger partial charge in [-0.15, -0.1) is 0 Å². The van der Waals surface area contributed by atoms with Crippen LogP contribution in [-0.2, 0) is 9.59 Å². The molecule has 3 unspecified atom stereocenters. The number of nitrogens with two attached hydrogens (primary N) is 1. The first-order valence-corrected chi connectivity index (χ1v) is 9.72. The molecule has 156 valence electrons. The number of hydrogen-bond donors (Lipinski definition) is 4. The number of unbranched alkanes of at least 4 members (excludes halogenated alkanes) is 1. The molecule has 1 rings (SSSR count). The zero-order valence-corrected chi connectivity index (χ0v) is 17.5. The second kappa shape index (κ2) is 12.2. The molecule has 0 aromatic heterocycles. The fourth-order valence-corrected chi connectivity index (χ4v) is 2.90. The molecule has 0 heterocycles. The lowest BCUT2D eigenvalue weighted by atomic mass is 10.0. The third-order valence-corrected chi connectivity index (χ3v) is 4.56. The standard InChI is InChI=1S/C21H35N5O2/c1-6-7-13-17(22)19(23-3)20(27)24-14-15(2)25-18(21(28)26(4)5)16-11-9-8-10-12-16/h8-12,17-19,23,25H,2,6-7,13-14,22H2,1,3-5H3,(H,24,27). The van der Waals surface area contributed by atoms with E-state index in [0.717, 1.165) is 24.8 Å². The summed E-state index contributed by atoms with van der Waals surface area (Å²) < 4.78 is 0. The maximum atomic E-state index is 12.6. The van der Waals surface area contributed by atoms with E-state index in [1.165, 1.54) is 4.90 Å². The van der Waals surface area contributed by atoms with Gasteiger partial charge in [0.15, 0.2) is 0 Å². The number of rotatable bonds is 12. The number of nitrogens with zero attached hydrogens (tertiary/aromatic N) is 1. The van der Waals surface area contributed by atoms with Gasteiger partial charge in [-0.3, -0.25) is 9.59 Å². The Hall–Kier alpha value is -2.38. The Morgan fingerprint density at radius 2 is 1.86 bits per heavy atom. The van der Waals surface area contributed by atoms with Gasteiger partial charge >= 0.3 is 0 Å². The topological polar surface area (TPSA) is 99.5 Å². The second-order valence-electron chi connectivity index (χ2n) is 7.11. The SMILES string of the molecule is C=C(CNC(=O)C(NC)C(N)CCCC)NC(C(=O)N(C)C)c1ccccc1. The van der Waals surface area contributed by atoms with E-state index in [1.807, 2.05) is 30.3 Å². The predicted octanol–water partition coefficient (Wildman–Crippen LogP) is 1.14. The van der Waals surface area contributed by atoms with E-state index in [0.29, 0.717) is 5.70 Å². The van der Waals surface area contributed by atoms with E-state index in [-0.39, 0.29) is 24.4 Å². The Morgan fingerprint density at radius 3 is 2.39 bits per heavy atom. The van der Waals surface area contributed by atoms with Crippen LogP contribution in [0.25, 0.3) is 0 Å². The maximum Gasteiger partial charge on any atom is 0.249 e. The Morgan fingerprint density at radius 1 is 1.21 bits per heavy atom. The molecule has 3 atom stereocenters. The van der Waals surface area contributed by atoms with Gasteiger partial charge in [0.1, 0.15) is 12.1 Å². The summed E-state index contributed by atoms with van der Waals surface area (Å²) in [4.78, 5) is 26.6. The smallest absolute Gasteiger partial charge is 0.249 e. The molecule has 0 saturated carbocycles. The molecule has 1 aromatic rings. The van der Waals surface area contributed by atoms with Crippen LogP contribution in [0.1, 0.15) is 37.8 Å². The van der Waals surface area contributed by atoms with E-state index in [1.54, 1.807) is 21.1 Å². The first kappa shape index (κ1) is 23.7. The Labute approximate surface area is 168 Å². The van der Waals surface area contributed by atoms with Crippen molar-refractivity contribution >= 4 is 11.8 Å². The fraction of sp³-hybridized carbons (Fsp3) is 0.524. The van der Waals surface area contributed by atoms with Crippen LogP contribution in [0, 0.1) is 0 Å². The van der Waals surface area contributed by atoms with Gasteiger partial charge in [-0.1, -0.05) is 56.7 Å². The number of benzene rings is 1. The van der Waals surface area contributed by atoms with Gasteiger partial charge in [0.25, 0.3) is 0 Å². The monoisotopic (exact) mass is 389 g/mol. The average Bonchev–Trinajstić information content (AvgIpc) is 2.69. The van der Waals surface area contributed by atoms with E-state index >= 15 is 0 Å². The Kier molecular flexibility index (Phi) is 10.3. The normalized spacial score (nSPS) is 13.9. The average molecular weight is 390 g/mol. The molecule has 0 bridgehead atoms. The van der Waals surface area contributed by atoms with Gasteiger partial charge in [-0.05, 0) is 19.0 Å². The van der Waals surface area contributed by atoms with Crippen LogP contribution in [-0.4, -0.2) is 56.5 Å². The Balaban J connectivity index is 2.69. The molecule has 5 N–H and O–H groups in total. The summed E-state index contributed by atoms with van der Waals surface area (Å²) in [6.07, 6.45) is 2.79. The number of nitrogens with one attached hydrogen (secondary N) is 3. The molecule has 0 saturated heterocycles. The minimum atomic E-state index is -0.562. The summed E-state index contributed by atoms with van der Waals surface area (Å²) in [6, 6.07) is 8.15. The van der Waals surface area contributed by atoms with E-state index < -0.39 is 12.1 Å². The van der Waals surface area contributed by atoms with Crippen LogP contribution in [0.4, 0.5) is 0 Å². The van der Waals surface area contributed by atoms with Gasteiger partial charge in [0.2, 0.25) is 11.8 Å². The van der Waals surface area contributed by atoms with Crippen LogP contribution in [0.5, 0.6) is 0 Å². The molecule has 0 aliphatic heterocycles. The van der Waals surface area contributed by atoms with Crippen molar-refractivity contribution < 1.29 is 9.59 Å². The highest BCUT2D eigenvalue weighted by atomic mass is 16.2. The quantitative estimate of drug-likeness (QED) is 0.430. The molecule has 7 heteroatoms. The third kappa shape index (κ3) is 7.32. The lowest BCUT2D eigenvalue weighted by molar-refractivity contribution is -0.130. The van der Waals surface area contributed by atoms with Gasteiger partial charge in [0.05, 0.1) is 6.54 Å². The molecule has 0 fully saturated rings. The molecule has 0 spiro atoms. The van der Waals surface area contributed by atoms with Crippen LogP contribution >= 0.6 is 0 Å². The number of carbonyl (C=O) groups excluding carboxylic acids is 2. The molecule has 0 aliphatic rings.